The molecule has 0 bridgehead atoms. The Balaban J connectivity index is -0.0000000757. The molecule has 0 atom stereocenters. The molecule has 0 amide bonds. The van der Waals surface area contributed by atoms with E-state index >= 15 is 0 Å². The lowest BCUT2D eigenvalue weighted by atomic mass is 10.0. The van der Waals surface area contributed by atoms with Crippen LogP contribution in [0.15, 0.2) is 97.3 Å². The van der Waals surface area contributed by atoms with Gasteiger partial charge in [0, 0.05) is 12.4 Å². The van der Waals surface area contributed by atoms with Crippen molar-refractivity contribution in [2.24, 2.45) is 11.8 Å². The minimum Gasteiger partial charge on any atom is -0.265 e. The number of hydrogen-bond acceptors (Lipinski definition) is 1. The van der Waals surface area contributed by atoms with E-state index in [4.69, 9.17) is 0 Å². The molecular formula is C35H65N. The number of benzene rings is 2. The highest BCUT2D eigenvalue weighted by molar-refractivity contribution is 5.17. The third kappa shape index (κ3) is 63.4. The van der Waals surface area contributed by atoms with E-state index in [-0.39, 0.29) is 7.43 Å². The minimum atomic E-state index is 0. The Morgan fingerprint density at radius 3 is 0.778 bits per heavy atom. The van der Waals surface area contributed by atoms with Crippen LogP contribution in [-0.4, -0.2) is 4.98 Å². The van der Waals surface area contributed by atoms with E-state index in [1.165, 1.54) is 5.56 Å². The Kier molecular flexibility index (Phi) is 59.9. The molecule has 36 heavy (non-hydrogen) atoms. The Labute approximate surface area is 229 Å². The predicted molar refractivity (Wildman–Crippen MR) is 173 cm³/mol. The lowest BCUT2D eigenvalue weighted by Crippen LogP contribution is -1.83. The Morgan fingerprint density at radius 2 is 0.639 bits per heavy atom. The van der Waals surface area contributed by atoms with Crippen molar-refractivity contribution in [3.05, 3.63) is 103 Å². The summed E-state index contributed by atoms with van der Waals surface area (Å²) in [5, 5.41) is 0. The average Bonchev–Trinajstić information content (AvgIpc) is 2.90. The second-order valence-electron chi connectivity index (χ2n) is 8.21. The number of aromatic nitrogens is 1. The van der Waals surface area contributed by atoms with Gasteiger partial charge in [0.1, 0.15) is 0 Å². The molecule has 0 fully saturated rings. The fourth-order valence-electron chi connectivity index (χ4n) is 1.54. The van der Waals surface area contributed by atoms with Gasteiger partial charge in [0.05, 0.1) is 0 Å². The Bertz CT molecular complexity index is 520. The van der Waals surface area contributed by atoms with Crippen LogP contribution in [0, 0.1) is 11.8 Å². The highest BCUT2D eigenvalue weighted by Gasteiger charge is 1.93. The topological polar surface area (TPSA) is 12.9 Å². The van der Waals surface area contributed by atoms with E-state index in [0.717, 1.165) is 11.8 Å². The summed E-state index contributed by atoms with van der Waals surface area (Å²) in [4.78, 5) is 3.78. The molecule has 3 aromatic rings. The maximum Gasteiger partial charge on any atom is 0.0267 e. The zero-order chi connectivity index (χ0) is 28.3. The molecule has 2 aromatic carbocycles. The van der Waals surface area contributed by atoms with Gasteiger partial charge in [-0.15, -0.1) is 0 Å². The maximum atomic E-state index is 3.78. The van der Waals surface area contributed by atoms with Crippen molar-refractivity contribution in [3.8, 4) is 0 Å². The average molecular weight is 500 g/mol. The molecule has 1 aromatic heterocycles. The Morgan fingerprint density at radius 1 is 0.417 bits per heavy atom. The molecule has 0 N–H and O–H groups in total. The van der Waals surface area contributed by atoms with E-state index in [2.05, 4.69) is 84.6 Å². The van der Waals surface area contributed by atoms with Crippen molar-refractivity contribution in [1.82, 2.24) is 4.98 Å². The summed E-state index contributed by atoms with van der Waals surface area (Å²) in [6, 6.07) is 28.2. The molecule has 0 radical (unpaired) electrons. The lowest BCUT2D eigenvalue weighted by Gasteiger charge is -2.01. The monoisotopic (exact) mass is 500 g/mol. The minimum absolute atomic E-state index is 0. The van der Waals surface area contributed by atoms with Gasteiger partial charge in [-0.1, -0.05) is 177 Å². The van der Waals surface area contributed by atoms with Crippen LogP contribution in [-0.2, 0) is 0 Å². The van der Waals surface area contributed by atoms with Crippen LogP contribution in [0.1, 0.15) is 116 Å². The van der Waals surface area contributed by atoms with Crippen molar-refractivity contribution in [3.63, 3.8) is 0 Å². The highest BCUT2D eigenvalue weighted by atomic mass is 14.6. The molecule has 0 spiro atoms. The predicted octanol–water partition coefficient (Wildman–Crippen LogP) is 12.6. The smallest absolute Gasteiger partial charge is 0.0267 e. The van der Waals surface area contributed by atoms with Gasteiger partial charge in [-0.2, -0.15) is 0 Å². The Hall–Kier alpha value is -2.41. The molecule has 0 unspecified atom stereocenters. The van der Waals surface area contributed by atoms with Crippen molar-refractivity contribution in [1.29, 1.82) is 0 Å². The molecule has 3 rings (SSSR count). The lowest BCUT2D eigenvalue weighted by molar-refractivity contribution is 0.736. The van der Waals surface area contributed by atoms with E-state index < -0.39 is 0 Å². The highest BCUT2D eigenvalue weighted by Crippen LogP contribution is 2.11. The molecule has 0 aliphatic carbocycles. The molecule has 1 nitrogen and oxygen atoms in total. The van der Waals surface area contributed by atoms with Gasteiger partial charge in [0.15, 0.2) is 0 Å². The van der Waals surface area contributed by atoms with Crippen LogP contribution in [0.5, 0.6) is 0 Å². The van der Waals surface area contributed by atoms with E-state index in [9.17, 15) is 0 Å². The van der Waals surface area contributed by atoms with E-state index in [1.54, 1.807) is 12.4 Å². The fraction of sp³-hybridized carbons (Fsp3) is 0.514. The molecule has 1 heterocycles. The van der Waals surface area contributed by atoms with Gasteiger partial charge >= 0.3 is 0 Å². The first-order valence-corrected chi connectivity index (χ1v) is 13.7. The first-order valence-electron chi connectivity index (χ1n) is 13.7. The quantitative estimate of drug-likeness (QED) is 0.324. The molecule has 0 saturated carbocycles. The SMILES string of the molecule is C.CC.CC.CC.CC(C)C.CC(C)C.CC(C)c1ccccc1.c1ccccc1.c1ccncc1. The number of nitrogens with zero attached hydrogens (tertiary/aromatic N) is 1. The summed E-state index contributed by atoms with van der Waals surface area (Å²) in [5.74, 6) is 2.33. The van der Waals surface area contributed by atoms with Crippen molar-refractivity contribution in [2.75, 3.05) is 0 Å². The van der Waals surface area contributed by atoms with Crippen LogP contribution in [0.2, 0.25) is 0 Å². The summed E-state index contributed by atoms with van der Waals surface area (Å²) in [7, 11) is 0. The zero-order valence-corrected chi connectivity index (χ0v) is 25.9. The van der Waals surface area contributed by atoms with Crippen LogP contribution in [0.25, 0.3) is 0 Å². The van der Waals surface area contributed by atoms with Crippen LogP contribution < -0.4 is 0 Å². The number of rotatable bonds is 1. The second-order valence-corrected chi connectivity index (χ2v) is 8.21. The van der Waals surface area contributed by atoms with Crippen LogP contribution >= 0.6 is 0 Å². The summed E-state index contributed by atoms with van der Waals surface area (Å²) in [6.07, 6.45) is 3.50. The second kappa shape index (κ2) is 46.0. The van der Waals surface area contributed by atoms with Crippen LogP contribution in [0.3, 0.4) is 0 Å². The summed E-state index contributed by atoms with van der Waals surface area (Å²) >= 11 is 0. The van der Waals surface area contributed by atoms with Gasteiger partial charge in [-0.05, 0) is 35.4 Å². The largest absolute Gasteiger partial charge is 0.265 e. The standard InChI is InChI=1S/C9H12.C6H6.C5H5N.2C4H10.3C2H6.CH4/c1-8(2)9-6-4-3-5-7-9;2*1-2-4-6-5-3-1;2*1-4(2)3;3*1-2;/h3-8H,1-2H3;1-6H;1-5H;2*4H,1-3H3;3*1-2H3;1H4. The normalized spacial score (nSPS) is 7.69. The third-order valence-electron chi connectivity index (χ3n) is 2.70. The van der Waals surface area contributed by atoms with Gasteiger partial charge in [0.25, 0.3) is 0 Å². The first-order chi connectivity index (χ1) is 16.8. The van der Waals surface area contributed by atoms with Gasteiger partial charge in [0.2, 0.25) is 0 Å². The molecule has 1 heteroatoms. The molecule has 0 aliphatic heterocycles. The number of hydrogen-bond donors (Lipinski definition) is 0. The zero-order valence-electron chi connectivity index (χ0n) is 25.9. The summed E-state index contributed by atoms with van der Waals surface area (Å²) < 4.78 is 0. The molecule has 0 saturated heterocycles. The number of pyridine rings is 1. The van der Waals surface area contributed by atoms with Gasteiger partial charge in [-0.3, -0.25) is 4.98 Å². The maximum absolute atomic E-state index is 3.78. The first kappa shape index (κ1) is 46.9. The molecule has 0 aliphatic rings. The molecular weight excluding hydrogens is 434 g/mol. The van der Waals surface area contributed by atoms with E-state index in [0.29, 0.717) is 5.92 Å². The van der Waals surface area contributed by atoms with Crippen LogP contribution in [0.4, 0.5) is 0 Å². The summed E-state index contributed by atoms with van der Waals surface area (Å²) in [6.45, 7) is 29.4. The third-order valence-corrected chi connectivity index (χ3v) is 2.70. The van der Waals surface area contributed by atoms with Gasteiger partial charge in [-0.25, -0.2) is 0 Å². The fourth-order valence-corrected chi connectivity index (χ4v) is 1.54. The van der Waals surface area contributed by atoms with Crippen molar-refractivity contribution >= 4 is 0 Å². The van der Waals surface area contributed by atoms with Crippen molar-refractivity contribution in [2.45, 2.75) is 110 Å². The van der Waals surface area contributed by atoms with Gasteiger partial charge < -0.3 is 0 Å². The van der Waals surface area contributed by atoms with E-state index in [1.807, 2.05) is 102 Å². The van der Waals surface area contributed by atoms with Crippen molar-refractivity contribution < 1.29 is 0 Å². The summed E-state index contributed by atoms with van der Waals surface area (Å²) in [5.41, 5.74) is 1.41. The molecule has 210 valence electrons.